The van der Waals surface area contributed by atoms with Gasteiger partial charge in [-0.25, -0.2) is 0 Å². The third kappa shape index (κ3) is 1.56. The number of rotatable bonds is 1. The van der Waals surface area contributed by atoms with Crippen LogP contribution in [0.3, 0.4) is 0 Å². The van der Waals surface area contributed by atoms with E-state index < -0.39 is 30.3 Å². The number of aliphatic hydroxyl groups excluding tert-OH is 3. The van der Waals surface area contributed by atoms with E-state index in [1.165, 1.54) is 0 Å². The van der Waals surface area contributed by atoms with Crippen LogP contribution in [0.4, 0.5) is 0 Å². The van der Waals surface area contributed by atoms with E-state index in [-0.39, 0.29) is 6.61 Å². The van der Waals surface area contributed by atoms with Gasteiger partial charge in [0, 0.05) is 0 Å². The molecule has 0 saturated carbocycles. The maximum atomic E-state index is 10.6. The maximum Gasteiger partial charge on any atom is 0.249 e. The molecule has 5 N–H and O–H groups in total. The summed E-state index contributed by atoms with van der Waals surface area (Å²) >= 11 is 0. The lowest BCUT2D eigenvalue weighted by Gasteiger charge is -2.33. The predicted molar refractivity (Wildman–Crippen MR) is 37.0 cm³/mol. The number of hydrogen-bond donors (Lipinski definition) is 4. The van der Waals surface area contributed by atoms with Gasteiger partial charge in [0.1, 0.15) is 18.3 Å². The second kappa shape index (κ2) is 3.36. The van der Waals surface area contributed by atoms with Crippen molar-refractivity contribution in [3.63, 3.8) is 0 Å². The van der Waals surface area contributed by atoms with E-state index in [1.54, 1.807) is 0 Å². The highest BCUT2D eigenvalue weighted by Gasteiger charge is 2.40. The molecule has 0 aromatic rings. The first-order valence-corrected chi connectivity index (χ1v) is 3.49. The highest BCUT2D eigenvalue weighted by molar-refractivity contribution is 5.79. The third-order valence-electron chi connectivity index (χ3n) is 1.78. The Bertz CT molecular complexity index is 185. The zero-order valence-electron chi connectivity index (χ0n) is 6.25. The van der Waals surface area contributed by atoms with Crippen LogP contribution in [-0.2, 0) is 9.53 Å². The van der Waals surface area contributed by atoms with E-state index >= 15 is 0 Å². The van der Waals surface area contributed by atoms with Gasteiger partial charge < -0.3 is 25.8 Å². The van der Waals surface area contributed by atoms with Crippen LogP contribution >= 0.6 is 0 Å². The predicted octanol–water partition coefficient (Wildman–Crippen LogP) is -3.05. The van der Waals surface area contributed by atoms with Crippen LogP contribution in [0.5, 0.6) is 0 Å². The summed E-state index contributed by atoms with van der Waals surface area (Å²) in [6, 6.07) is 0. The van der Waals surface area contributed by atoms with Crippen molar-refractivity contribution in [1.29, 1.82) is 0 Å². The van der Waals surface area contributed by atoms with E-state index in [0.717, 1.165) is 0 Å². The molecule has 0 unspecified atom stereocenters. The van der Waals surface area contributed by atoms with Gasteiger partial charge in [0.25, 0.3) is 0 Å². The van der Waals surface area contributed by atoms with Crippen LogP contribution in [0.15, 0.2) is 0 Å². The van der Waals surface area contributed by atoms with Crippen molar-refractivity contribution in [3.05, 3.63) is 0 Å². The lowest BCUT2D eigenvalue weighted by atomic mass is 10.00. The molecule has 6 heteroatoms. The minimum absolute atomic E-state index is 0.203. The zero-order valence-corrected chi connectivity index (χ0v) is 6.25. The van der Waals surface area contributed by atoms with Gasteiger partial charge in [0.15, 0.2) is 6.10 Å². The number of hydrogen-bond acceptors (Lipinski definition) is 5. The summed E-state index contributed by atoms with van der Waals surface area (Å²) in [7, 11) is 0. The minimum atomic E-state index is -1.45. The first-order valence-electron chi connectivity index (χ1n) is 3.49. The van der Waals surface area contributed by atoms with E-state index in [2.05, 4.69) is 0 Å². The fourth-order valence-electron chi connectivity index (χ4n) is 1.06. The fourth-order valence-corrected chi connectivity index (χ4v) is 1.06. The Morgan fingerprint density at radius 1 is 1.33 bits per heavy atom. The van der Waals surface area contributed by atoms with Crippen LogP contribution in [0, 0.1) is 0 Å². The number of primary amides is 1. The average Bonchev–Trinajstić information content (AvgIpc) is 2.00. The largest absolute Gasteiger partial charge is 0.388 e. The van der Waals surface area contributed by atoms with Crippen LogP contribution < -0.4 is 5.73 Å². The zero-order chi connectivity index (χ0) is 9.30. The molecule has 0 aromatic heterocycles. The van der Waals surface area contributed by atoms with Crippen LogP contribution in [0.25, 0.3) is 0 Å². The lowest BCUT2D eigenvalue weighted by Crippen LogP contribution is -2.57. The van der Waals surface area contributed by atoms with Gasteiger partial charge in [-0.05, 0) is 0 Å². The molecule has 1 rings (SSSR count). The van der Waals surface area contributed by atoms with Crippen LogP contribution in [0.2, 0.25) is 0 Å². The van der Waals surface area contributed by atoms with E-state index in [4.69, 9.17) is 25.8 Å². The molecule has 4 atom stereocenters. The summed E-state index contributed by atoms with van der Waals surface area (Å²) in [5, 5.41) is 27.2. The van der Waals surface area contributed by atoms with Gasteiger partial charge in [-0.1, -0.05) is 0 Å². The molecule has 1 aliphatic rings. The van der Waals surface area contributed by atoms with Gasteiger partial charge in [0.05, 0.1) is 6.61 Å². The summed E-state index contributed by atoms with van der Waals surface area (Å²) in [4.78, 5) is 10.6. The summed E-state index contributed by atoms with van der Waals surface area (Å²) in [5.74, 6) is -0.853. The van der Waals surface area contributed by atoms with E-state index in [1.807, 2.05) is 0 Å². The first kappa shape index (κ1) is 9.40. The van der Waals surface area contributed by atoms with Gasteiger partial charge in [-0.3, -0.25) is 4.79 Å². The van der Waals surface area contributed by atoms with Crippen LogP contribution in [-0.4, -0.2) is 52.2 Å². The lowest BCUT2D eigenvalue weighted by molar-refractivity contribution is -0.190. The average molecular weight is 177 g/mol. The Balaban J connectivity index is 2.65. The highest BCUT2D eigenvalue weighted by Crippen LogP contribution is 2.14. The molecule has 0 radical (unpaired) electrons. The number of aliphatic hydroxyl groups is 3. The fraction of sp³-hybridized carbons (Fsp3) is 0.833. The number of nitrogens with two attached hydrogens (primary N) is 1. The van der Waals surface area contributed by atoms with Crippen molar-refractivity contribution < 1.29 is 24.9 Å². The summed E-state index contributed by atoms with van der Waals surface area (Å²) < 4.78 is 4.70. The van der Waals surface area contributed by atoms with Crippen molar-refractivity contribution >= 4 is 5.91 Å². The van der Waals surface area contributed by atoms with Gasteiger partial charge >= 0.3 is 0 Å². The van der Waals surface area contributed by atoms with Crippen LogP contribution in [0.1, 0.15) is 0 Å². The number of ether oxygens (including phenoxy) is 1. The standard InChI is InChI=1S/C6H11NO5/c7-6(11)5-4(10)3(9)2(8)1-12-5/h2-5,8-10H,1H2,(H2,7,11)/t2-,3-,4+,5+/m1/s1. The maximum absolute atomic E-state index is 10.6. The molecule has 1 fully saturated rings. The smallest absolute Gasteiger partial charge is 0.249 e. The highest BCUT2D eigenvalue weighted by atomic mass is 16.5. The van der Waals surface area contributed by atoms with Crippen molar-refractivity contribution in [2.45, 2.75) is 24.4 Å². The number of amides is 1. The van der Waals surface area contributed by atoms with Crippen molar-refractivity contribution in [1.82, 2.24) is 0 Å². The normalized spacial score (nSPS) is 42.6. The number of carbonyl (C=O) groups is 1. The van der Waals surface area contributed by atoms with Gasteiger partial charge in [-0.15, -0.1) is 0 Å². The summed E-state index contributed by atoms with van der Waals surface area (Å²) in [5.41, 5.74) is 4.85. The monoisotopic (exact) mass is 177 g/mol. The third-order valence-corrected chi connectivity index (χ3v) is 1.78. The van der Waals surface area contributed by atoms with Gasteiger partial charge in [-0.2, -0.15) is 0 Å². The molecule has 6 nitrogen and oxygen atoms in total. The summed E-state index contributed by atoms with van der Waals surface area (Å²) in [6.45, 7) is -0.203. The Morgan fingerprint density at radius 3 is 2.42 bits per heavy atom. The molecular formula is C6H11NO5. The molecule has 0 aromatic carbocycles. The molecule has 0 spiro atoms. The topological polar surface area (TPSA) is 113 Å². The first-order chi connectivity index (χ1) is 5.54. The molecule has 1 saturated heterocycles. The Kier molecular flexibility index (Phi) is 2.63. The van der Waals surface area contributed by atoms with Gasteiger partial charge in [0.2, 0.25) is 5.91 Å². The number of carbonyl (C=O) groups excluding carboxylic acids is 1. The second-order valence-corrected chi connectivity index (χ2v) is 2.70. The molecular weight excluding hydrogens is 166 g/mol. The van der Waals surface area contributed by atoms with E-state index in [9.17, 15) is 4.79 Å². The van der Waals surface area contributed by atoms with Crippen molar-refractivity contribution in [3.8, 4) is 0 Å². The quantitative estimate of drug-likeness (QED) is 0.340. The Labute approximate surface area is 68.6 Å². The molecule has 1 aliphatic heterocycles. The van der Waals surface area contributed by atoms with Crippen molar-refractivity contribution in [2.75, 3.05) is 6.61 Å². The summed E-state index contributed by atoms with van der Waals surface area (Å²) in [6.07, 6.45) is -5.23. The molecule has 1 heterocycles. The molecule has 0 bridgehead atoms. The Morgan fingerprint density at radius 2 is 1.92 bits per heavy atom. The SMILES string of the molecule is NC(=O)[C@H]1OC[C@@H](O)[C@@H](O)[C@@H]1O. The molecule has 1 amide bonds. The van der Waals surface area contributed by atoms with Crippen molar-refractivity contribution in [2.24, 2.45) is 5.73 Å². The molecule has 0 aliphatic carbocycles. The molecule has 12 heavy (non-hydrogen) atoms. The molecule has 70 valence electrons. The Hall–Kier alpha value is -0.690. The van der Waals surface area contributed by atoms with E-state index in [0.29, 0.717) is 0 Å². The minimum Gasteiger partial charge on any atom is -0.388 e. The second-order valence-electron chi connectivity index (χ2n) is 2.70.